The molecule has 0 fully saturated rings. The molecule has 1 atom stereocenters. The van der Waals surface area contributed by atoms with Gasteiger partial charge in [0.2, 0.25) is 12.3 Å². The zero-order valence-corrected chi connectivity index (χ0v) is 9.41. The number of carbonyl (C=O) groups is 2. The third-order valence-electron chi connectivity index (χ3n) is 2.12. The molecule has 1 N–H and O–H groups in total. The van der Waals surface area contributed by atoms with Crippen molar-refractivity contribution in [3.05, 3.63) is 0 Å². The van der Waals surface area contributed by atoms with Gasteiger partial charge in [-0.05, 0) is 12.3 Å². The summed E-state index contributed by atoms with van der Waals surface area (Å²) in [4.78, 5) is 23.7. The number of hydrogen-bond donors (Lipinski definition) is 1. The molecule has 14 heavy (non-hydrogen) atoms. The second kappa shape index (κ2) is 6.40. The highest BCUT2D eigenvalue weighted by Gasteiger charge is 2.23. The van der Waals surface area contributed by atoms with Crippen LogP contribution in [-0.4, -0.2) is 36.9 Å². The summed E-state index contributed by atoms with van der Waals surface area (Å²) < 4.78 is 0. The van der Waals surface area contributed by atoms with Gasteiger partial charge in [-0.15, -0.1) is 0 Å². The molecule has 0 aliphatic heterocycles. The molecule has 82 valence electrons. The summed E-state index contributed by atoms with van der Waals surface area (Å²) in [5.41, 5.74) is 0. The molecular formula is C10H20N2O2. The Morgan fingerprint density at radius 2 is 2.07 bits per heavy atom. The molecule has 0 heterocycles. The van der Waals surface area contributed by atoms with Gasteiger partial charge in [-0.1, -0.05) is 20.8 Å². The van der Waals surface area contributed by atoms with E-state index in [1.165, 1.54) is 0 Å². The van der Waals surface area contributed by atoms with Gasteiger partial charge in [0.25, 0.3) is 0 Å². The first-order valence-electron chi connectivity index (χ1n) is 4.99. The molecule has 0 aromatic rings. The van der Waals surface area contributed by atoms with Crippen molar-refractivity contribution < 1.29 is 9.59 Å². The van der Waals surface area contributed by atoms with Crippen molar-refractivity contribution in [1.82, 2.24) is 10.2 Å². The summed E-state index contributed by atoms with van der Waals surface area (Å²) >= 11 is 0. The number of amides is 2. The highest BCUT2D eigenvalue weighted by atomic mass is 16.2. The number of nitrogens with zero attached hydrogens (tertiary/aromatic N) is 1. The van der Waals surface area contributed by atoms with Gasteiger partial charge < -0.3 is 10.2 Å². The first kappa shape index (κ1) is 12.9. The van der Waals surface area contributed by atoms with Crippen LogP contribution in [0.2, 0.25) is 0 Å². The predicted molar refractivity (Wildman–Crippen MR) is 55.8 cm³/mol. The molecule has 0 radical (unpaired) electrons. The summed E-state index contributed by atoms with van der Waals surface area (Å²) in [6, 6.07) is -0.399. The lowest BCUT2D eigenvalue weighted by Gasteiger charge is -2.25. The summed E-state index contributed by atoms with van der Waals surface area (Å²) in [6.45, 7) is 6.57. The Hall–Kier alpha value is -1.06. The summed E-state index contributed by atoms with van der Waals surface area (Å²) in [6.07, 6.45) is 1.51. The first-order valence-corrected chi connectivity index (χ1v) is 4.99. The molecule has 0 aromatic carbocycles. The summed E-state index contributed by atoms with van der Waals surface area (Å²) in [5, 5.41) is 2.55. The Morgan fingerprint density at radius 1 is 1.50 bits per heavy atom. The van der Waals surface area contributed by atoms with Crippen LogP contribution in [0.25, 0.3) is 0 Å². The molecule has 0 rings (SSSR count). The van der Waals surface area contributed by atoms with Crippen LogP contribution < -0.4 is 5.32 Å². The van der Waals surface area contributed by atoms with Crippen LogP contribution >= 0.6 is 0 Å². The molecule has 0 aliphatic carbocycles. The smallest absolute Gasteiger partial charge is 0.245 e. The monoisotopic (exact) mass is 200 g/mol. The number of likely N-dealkylation sites (N-methyl/N-ethyl adjacent to an activating group) is 1. The van der Waals surface area contributed by atoms with Crippen LogP contribution in [0.1, 0.15) is 27.2 Å². The zero-order valence-electron chi connectivity index (χ0n) is 9.41. The molecule has 0 bridgehead atoms. The number of hydrogen-bond acceptors (Lipinski definition) is 2. The minimum Gasteiger partial charge on any atom is -0.347 e. The summed E-state index contributed by atoms with van der Waals surface area (Å²) in [5.74, 6) is 0.0981. The molecule has 1 unspecified atom stereocenters. The molecule has 2 amide bonds. The van der Waals surface area contributed by atoms with E-state index in [0.29, 0.717) is 6.41 Å². The van der Waals surface area contributed by atoms with E-state index >= 15 is 0 Å². The minimum absolute atomic E-state index is 0.0195. The third kappa shape index (κ3) is 3.77. The van der Waals surface area contributed by atoms with Crippen molar-refractivity contribution in [2.45, 2.75) is 33.2 Å². The summed E-state index contributed by atoms with van der Waals surface area (Å²) in [7, 11) is 1.76. The molecule has 0 saturated heterocycles. The Kier molecular flexibility index (Phi) is 5.92. The average Bonchev–Trinajstić information content (AvgIpc) is 2.13. The van der Waals surface area contributed by atoms with Gasteiger partial charge in [-0.3, -0.25) is 9.59 Å². The first-order chi connectivity index (χ1) is 6.54. The molecule has 0 spiro atoms. The van der Waals surface area contributed by atoms with Crippen LogP contribution in [-0.2, 0) is 9.59 Å². The van der Waals surface area contributed by atoms with E-state index in [4.69, 9.17) is 0 Å². The lowest BCUT2D eigenvalue weighted by atomic mass is 10.0. The Morgan fingerprint density at radius 3 is 2.43 bits per heavy atom. The van der Waals surface area contributed by atoms with Crippen molar-refractivity contribution >= 4 is 12.3 Å². The van der Waals surface area contributed by atoms with Gasteiger partial charge >= 0.3 is 0 Å². The fourth-order valence-corrected chi connectivity index (χ4v) is 1.31. The second-order valence-corrected chi connectivity index (χ2v) is 3.77. The maximum Gasteiger partial charge on any atom is 0.245 e. The van der Waals surface area contributed by atoms with E-state index in [2.05, 4.69) is 5.32 Å². The zero-order chi connectivity index (χ0) is 11.1. The van der Waals surface area contributed by atoms with Crippen LogP contribution in [0.15, 0.2) is 0 Å². The number of carbonyl (C=O) groups excluding carboxylic acids is 2. The van der Waals surface area contributed by atoms with Crippen LogP contribution in [0.5, 0.6) is 0 Å². The number of nitrogens with one attached hydrogen (secondary N) is 1. The lowest BCUT2D eigenvalue weighted by Crippen LogP contribution is -2.47. The van der Waals surface area contributed by atoms with Crippen molar-refractivity contribution in [3.8, 4) is 0 Å². The number of rotatable bonds is 6. The molecule has 0 saturated carbocycles. The third-order valence-corrected chi connectivity index (χ3v) is 2.12. The minimum atomic E-state index is -0.399. The van der Waals surface area contributed by atoms with E-state index < -0.39 is 6.04 Å². The van der Waals surface area contributed by atoms with Crippen molar-refractivity contribution in [1.29, 1.82) is 0 Å². The van der Waals surface area contributed by atoms with Crippen LogP contribution in [0.3, 0.4) is 0 Å². The van der Waals surface area contributed by atoms with Gasteiger partial charge in [0, 0.05) is 13.6 Å². The molecule has 0 aromatic heterocycles. The van der Waals surface area contributed by atoms with Crippen LogP contribution in [0, 0.1) is 5.92 Å². The van der Waals surface area contributed by atoms with E-state index in [-0.39, 0.29) is 11.8 Å². The van der Waals surface area contributed by atoms with Gasteiger partial charge in [0.05, 0.1) is 0 Å². The van der Waals surface area contributed by atoms with Gasteiger partial charge in [-0.2, -0.15) is 0 Å². The van der Waals surface area contributed by atoms with Crippen molar-refractivity contribution in [2.75, 3.05) is 13.6 Å². The van der Waals surface area contributed by atoms with Crippen molar-refractivity contribution in [3.63, 3.8) is 0 Å². The highest BCUT2D eigenvalue weighted by Crippen LogP contribution is 2.04. The normalized spacial score (nSPS) is 12.4. The maximum atomic E-state index is 11.8. The van der Waals surface area contributed by atoms with Gasteiger partial charge in [-0.25, -0.2) is 0 Å². The van der Waals surface area contributed by atoms with E-state index in [9.17, 15) is 9.59 Å². The Labute approximate surface area is 85.7 Å². The van der Waals surface area contributed by atoms with E-state index in [1.807, 2.05) is 20.8 Å². The van der Waals surface area contributed by atoms with E-state index in [1.54, 1.807) is 11.9 Å². The Bertz CT molecular complexity index is 193. The fraction of sp³-hybridized carbons (Fsp3) is 0.800. The predicted octanol–water partition coefficient (Wildman–Crippen LogP) is 0.625. The largest absolute Gasteiger partial charge is 0.347 e. The Balaban J connectivity index is 4.34. The molecule has 0 aliphatic rings. The lowest BCUT2D eigenvalue weighted by molar-refractivity contribution is -0.134. The van der Waals surface area contributed by atoms with E-state index in [0.717, 1.165) is 13.0 Å². The molecular weight excluding hydrogens is 180 g/mol. The fourth-order valence-electron chi connectivity index (χ4n) is 1.31. The maximum absolute atomic E-state index is 11.8. The molecule has 4 nitrogen and oxygen atoms in total. The standard InChI is InChI=1S/C10H20N2O2/c1-5-6-12(4)10(14)9(8(2)3)11-7-13/h7-9H,5-6H2,1-4H3,(H,11,13). The highest BCUT2D eigenvalue weighted by molar-refractivity contribution is 5.83. The second-order valence-electron chi connectivity index (χ2n) is 3.77. The van der Waals surface area contributed by atoms with Crippen LogP contribution in [0.4, 0.5) is 0 Å². The van der Waals surface area contributed by atoms with Gasteiger partial charge in [0.1, 0.15) is 6.04 Å². The quantitative estimate of drug-likeness (QED) is 0.639. The molecule has 4 heteroatoms. The van der Waals surface area contributed by atoms with Crippen molar-refractivity contribution in [2.24, 2.45) is 5.92 Å². The van der Waals surface area contributed by atoms with Gasteiger partial charge in [0.15, 0.2) is 0 Å². The SMILES string of the molecule is CCCN(C)C(=O)C(NC=O)C(C)C. The average molecular weight is 200 g/mol. The topological polar surface area (TPSA) is 49.4 Å².